The third-order valence-corrected chi connectivity index (χ3v) is 2.80. The van der Waals surface area contributed by atoms with E-state index in [-0.39, 0.29) is 10.7 Å². The Bertz CT molecular complexity index is 732. The molecule has 0 fully saturated rings. The second-order valence-electron chi connectivity index (χ2n) is 3.87. The van der Waals surface area contributed by atoms with Crippen LogP contribution in [0.25, 0.3) is 5.69 Å². The normalized spacial score (nSPS) is 10.9. The first-order valence-electron chi connectivity index (χ1n) is 5.36. The lowest BCUT2D eigenvalue weighted by molar-refractivity contribution is -0.384. The van der Waals surface area contributed by atoms with Crippen molar-refractivity contribution in [3.8, 4) is 5.69 Å². The number of alkyl halides is 2. The molecule has 0 aliphatic rings. The fourth-order valence-corrected chi connectivity index (χ4v) is 1.84. The topological polar surface area (TPSA) is 98.3 Å². The first kappa shape index (κ1) is 14.9. The van der Waals surface area contributed by atoms with Gasteiger partial charge >= 0.3 is 5.97 Å². The van der Waals surface area contributed by atoms with Crippen LogP contribution in [0.1, 0.15) is 22.5 Å². The summed E-state index contributed by atoms with van der Waals surface area (Å²) in [4.78, 5) is 21.1. The smallest absolute Gasteiger partial charge is 0.339 e. The number of carboxylic acid groups (broad SMARTS) is 1. The van der Waals surface area contributed by atoms with Gasteiger partial charge in [-0.2, -0.15) is 5.10 Å². The minimum atomic E-state index is -3.12. The molecule has 0 bridgehead atoms. The number of hydrogen-bond donors (Lipinski definition) is 1. The summed E-state index contributed by atoms with van der Waals surface area (Å²) in [7, 11) is 0. The predicted octanol–water partition coefficient (Wildman–Crippen LogP) is 3.07. The number of nitro benzene ring substituents is 1. The molecule has 21 heavy (non-hydrogen) atoms. The van der Waals surface area contributed by atoms with Gasteiger partial charge in [-0.05, 0) is 12.1 Å². The number of aromatic carboxylic acids is 1. The number of aromatic nitrogens is 2. The molecule has 1 N–H and O–H groups in total. The lowest BCUT2D eigenvalue weighted by Gasteiger charge is -2.03. The molecule has 1 aromatic carbocycles. The molecule has 1 aromatic heterocycles. The van der Waals surface area contributed by atoms with Gasteiger partial charge in [0.15, 0.2) is 0 Å². The molecule has 0 amide bonds. The van der Waals surface area contributed by atoms with Crippen molar-refractivity contribution in [1.82, 2.24) is 9.78 Å². The summed E-state index contributed by atoms with van der Waals surface area (Å²) < 4.78 is 26.2. The summed E-state index contributed by atoms with van der Waals surface area (Å²) in [5, 5.41) is 23.3. The maximum Gasteiger partial charge on any atom is 0.339 e. The van der Waals surface area contributed by atoms with Gasteiger partial charge in [0.25, 0.3) is 12.1 Å². The van der Waals surface area contributed by atoms with Crippen LogP contribution in [-0.2, 0) is 0 Å². The van der Waals surface area contributed by atoms with Gasteiger partial charge in [0.05, 0.1) is 4.92 Å². The average molecular weight is 318 g/mol. The largest absolute Gasteiger partial charge is 0.478 e. The zero-order valence-corrected chi connectivity index (χ0v) is 10.8. The Morgan fingerprint density at radius 1 is 1.48 bits per heavy atom. The van der Waals surface area contributed by atoms with Crippen molar-refractivity contribution in [2.75, 3.05) is 0 Å². The van der Waals surface area contributed by atoms with Crippen LogP contribution in [0.4, 0.5) is 14.5 Å². The van der Waals surface area contributed by atoms with Crippen LogP contribution in [0.5, 0.6) is 0 Å². The third-order valence-electron chi connectivity index (χ3n) is 2.56. The Labute approximate surface area is 120 Å². The van der Waals surface area contributed by atoms with Crippen molar-refractivity contribution >= 4 is 23.3 Å². The van der Waals surface area contributed by atoms with Crippen molar-refractivity contribution in [1.29, 1.82) is 0 Å². The maximum absolute atomic E-state index is 12.7. The average Bonchev–Trinajstić information content (AvgIpc) is 2.83. The van der Waals surface area contributed by atoms with Gasteiger partial charge < -0.3 is 5.11 Å². The highest BCUT2D eigenvalue weighted by Gasteiger charge is 2.25. The van der Waals surface area contributed by atoms with E-state index in [2.05, 4.69) is 5.10 Å². The van der Waals surface area contributed by atoms with E-state index in [0.717, 1.165) is 16.9 Å². The van der Waals surface area contributed by atoms with Crippen LogP contribution in [0.2, 0.25) is 5.02 Å². The molecule has 1 heterocycles. The van der Waals surface area contributed by atoms with E-state index < -0.39 is 34.3 Å². The highest BCUT2D eigenvalue weighted by Crippen LogP contribution is 2.29. The second kappa shape index (κ2) is 5.44. The van der Waals surface area contributed by atoms with E-state index in [1.165, 1.54) is 12.1 Å². The Balaban J connectivity index is 2.65. The number of carbonyl (C=O) groups is 1. The van der Waals surface area contributed by atoms with Gasteiger partial charge in [0.2, 0.25) is 0 Å². The minimum Gasteiger partial charge on any atom is -0.478 e. The molecule has 7 nitrogen and oxygen atoms in total. The summed E-state index contributed by atoms with van der Waals surface area (Å²) in [5.41, 5.74) is -2.34. The van der Waals surface area contributed by atoms with E-state index in [4.69, 9.17) is 16.7 Å². The maximum atomic E-state index is 12.7. The number of hydrogen-bond acceptors (Lipinski definition) is 4. The van der Waals surface area contributed by atoms with E-state index in [0.29, 0.717) is 0 Å². The van der Waals surface area contributed by atoms with E-state index in [1.807, 2.05) is 0 Å². The Hall–Kier alpha value is -2.55. The predicted molar refractivity (Wildman–Crippen MR) is 67.1 cm³/mol. The Morgan fingerprint density at radius 3 is 2.62 bits per heavy atom. The molecule has 110 valence electrons. The van der Waals surface area contributed by atoms with Gasteiger partial charge in [0.1, 0.15) is 16.9 Å². The number of halogens is 3. The van der Waals surface area contributed by atoms with Crippen LogP contribution < -0.4 is 0 Å². The Morgan fingerprint density at radius 2 is 2.14 bits per heavy atom. The molecule has 0 aliphatic carbocycles. The first-order chi connectivity index (χ1) is 9.81. The lowest BCUT2D eigenvalue weighted by atomic mass is 10.2. The van der Waals surface area contributed by atoms with Crippen LogP contribution in [0.3, 0.4) is 0 Å². The van der Waals surface area contributed by atoms with E-state index in [9.17, 15) is 23.7 Å². The molecule has 0 aliphatic heterocycles. The minimum absolute atomic E-state index is 0.0742. The molecule has 0 unspecified atom stereocenters. The fourth-order valence-electron chi connectivity index (χ4n) is 1.67. The van der Waals surface area contributed by atoms with Crippen molar-refractivity contribution < 1.29 is 23.6 Å². The summed E-state index contributed by atoms with van der Waals surface area (Å²) in [6, 6.07) is 3.50. The number of carboxylic acids is 1. The summed E-state index contributed by atoms with van der Waals surface area (Å²) >= 11 is 5.64. The quantitative estimate of drug-likeness (QED) is 0.690. The molecule has 0 spiro atoms. The Kier molecular flexibility index (Phi) is 3.85. The van der Waals surface area contributed by atoms with Crippen LogP contribution in [0.15, 0.2) is 24.4 Å². The molecule has 0 saturated carbocycles. The fraction of sp³-hybridized carbons (Fsp3) is 0.0909. The molecular weight excluding hydrogens is 312 g/mol. The molecular formula is C11H6ClF2N3O4. The monoisotopic (exact) mass is 317 g/mol. The van der Waals surface area contributed by atoms with Crippen molar-refractivity contribution in [2.24, 2.45) is 0 Å². The number of nitro groups is 1. The highest BCUT2D eigenvalue weighted by molar-refractivity contribution is 6.30. The summed E-state index contributed by atoms with van der Waals surface area (Å²) in [6.45, 7) is 0. The third kappa shape index (κ3) is 2.82. The van der Waals surface area contributed by atoms with Gasteiger partial charge in [-0.25, -0.2) is 18.3 Å². The molecule has 10 heteroatoms. The second-order valence-corrected chi connectivity index (χ2v) is 4.31. The van der Waals surface area contributed by atoms with Gasteiger partial charge in [-0.3, -0.25) is 10.1 Å². The molecule has 0 radical (unpaired) electrons. The lowest BCUT2D eigenvalue weighted by Crippen LogP contribution is -2.01. The van der Waals surface area contributed by atoms with Crippen LogP contribution in [-0.4, -0.2) is 25.8 Å². The van der Waals surface area contributed by atoms with E-state index >= 15 is 0 Å². The van der Waals surface area contributed by atoms with Crippen molar-refractivity contribution in [3.63, 3.8) is 0 Å². The standard InChI is InChI=1S/C11H6ClF2N3O4/c12-5-1-2-7(8(3-5)17(20)21)16-4-6(11(18)19)9(15-16)10(13)14/h1-4,10H,(H,18,19). The SMILES string of the molecule is O=C(O)c1cn(-c2ccc(Cl)cc2[N+](=O)[O-])nc1C(F)F. The first-order valence-corrected chi connectivity index (χ1v) is 5.74. The van der Waals surface area contributed by atoms with Crippen LogP contribution >= 0.6 is 11.6 Å². The molecule has 0 saturated heterocycles. The number of rotatable bonds is 4. The number of benzene rings is 1. The van der Waals surface area contributed by atoms with Crippen molar-refractivity contribution in [2.45, 2.75) is 6.43 Å². The zero-order chi connectivity index (χ0) is 15.7. The number of nitrogens with zero attached hydrogens (tertiary/aromatic N) is 3. The van der Waals surface area contributed by atoms with E-state index in [1.54, 1.807) is 0 Å². The van der Waals surface area contributed by atoms with Crippen molar-refractivity contribution in [3.05, 3.63) is 50.8 Å². The van der Waals surface area contributed by atoms with Gasteiger partial charge in [0, 0.05) is 17.3 Å². The van der Waals surface area contributed by atoms with Crippen LogP contribution in [0, 0.1) is 10.1 Å². The van der Waals surface area contributed by atoms with Gasteiger partial charge in [-0.1, -0.05) is 11.6 Å². The molecule has 2 aromatic rings. The zero-order valence-electron chi connectivity index (χ0n) is 10.0. The van der Waals surface area contributed by atoms with Gasteiger partial charge in [-0.15, -0.1) is 0 Å². The molecule has 2 rings (SSSR count). The highest BCUT2D eigenvalue weighted by atomic mass is 35.5. The summed E-state index contributed by atoms with van der Waals surface area (Å²) in [5.74, 6) is -1.60. The summed E-state index contributed by atoms with van der Waals surface area (Å²) in [6.07, 6.45) is -2.33. The molecule has 0 atom stereocenters.